The fourth-order valence-corrected chi connectivity index (χ4v) is 9.91. The molecule has 0 bridgehead atoms. The summed E-state index contributed by atoms with van der Waals surface area (Å²) in [5, 5.41) is 5.17. The van der Waals surface area contributed by atoms with Crippen LogP contribution < -0.4 is 4.90 Å². The Labute approximate surface area is 354 Å². The summed E-state index contributed by atoms with van der Waals surface area (Å²) >= 11 is 1.88. The molecule has 282 valence electrons. The first-order chi connectivity index (χ1) is 29.7. The summed E-state index contributed by atoms with van der Waals surface area (Å²) in [6.07, 6.45) is 0. The molecule has 1 nitrogen and oxygen atoms in total. The molecule has 10 aromatic carbocycles. The van der Waals surface area contributed by atoms with Crippen LogP contribution in [0.4, 0.5) is 17.1 Å². The highest BCUT2D eigenvalue weighted by molar-refractivity contribution is 7.26. The lowest BCUT2D eigenvalue weighted by Gasteiger charge is -2.26. The van der Waals surface area contributed by atoms with Crippen LogP contribution in [0.5, 0.6) is 0 Å². The van der Waals surface area contributed by atoms with E-state index >= 15 is 0 Å². The van der Waals surface area contributed by atoms with Crippen molar-refractivity contribution in [2.45, 2.75) is 0 Å². The average molecular weight is 782 g/mol. The second kappa shape index (κ2) is 15.3. The summed E-state index contributed by atoms with van der Waals surface area (Å²) in [5.74, 6) is 0. The molecule has 1 aromatic heterocycles. The van der Waals surface area contributed by atoms with Crippen LogP contribution in [-0.4, -0.2) is 0 Å². The van der Waals surface area contributed by atoms with Crippen molar-refractivity contribution in [2.24, 2.45) is 0 Å². The molecule has 60 heavy (non-hydrogen) atoms. The molecule has 0 unspecified atom stereocenters. The van der Waals surface area contributed by atoms with Gasteiger partial charge in [-0.2, -0.15) is 0 Å². The Hall–Kier alpha value is -7.52. The van der Waals surface area contributed by atoms with Crippen LogP contribution in [0.3, 0.4) is 0 Å². The van der Waals surface area contributed by atoms with Crippen LogP contribution in [0.2, 0.25) is 0 Å². The van der Waals surface area contributed by atoms with Gasteiger partial charge < -0.3 is 4.90 Å². The van der Waals surface area contributed by atoms with Crippen LogP contribution >= 0.6 is 11.3 Å². The van der Waals surface area contributed by atoms with Crippen molar-refractivity contribution in [3.8, 4) is 55.6 Å². The van der Waals surface area contributed by atoms with Gasteiger partial charge in [-0.3, -0.25) is 0 Å². The van der Waals surface area contributed by atoms with E-state index < -0.39 is 0 Å². The number of nitrogens with zero attached hydrogens (tertiary/aromatic N) is 1. The van der Waals surface area contributed by atoms with Gasteiger partial charge >= 0.3 is 0 Å². The van der Waals surface area contributed by atoms with E-state index in [9.17, 15) is 0 Å². The minimum Gasteiger partial charge on any atom is -0.311 e. The Morgan fingerprint density at radius 3 is 1.40 bits per heavy atom. The number of benzene rings is 10. The summed E-state index contributed by atoms with van der Waals surface area (Å²) < 4.78 is 2.65. The number of hydrogen-bond acceptors (Lipinski definition) is 2. The minimum absolute atomic E-state index is 1.10. The first kappa shape index (κ1) is 35.6. The predicted molar refractivity (Wildman–Crippen MR) is 259 cm³/mol. The monoisotopic (exact) mass is 781 g/mol. The Balaban J connectivity index is 0.935. The number of rotatable bonds is 8. The van der Waals surface area contributed by atoms with Crippen molar-refractivity contribution < 1.29 is 0 Å². The summed E-state index contributed by atoms with van der Waals surface area (Å²) in [7, 11) is 0. The lowest BCUT2D eigenvalue weighted by Crippen LogP contribution is -2.09. The maximum atomic E-state index is 2.36. The fraction of sp³-hybridized carbons (Fsp3) is 0. The van der Waals surface area contributed by atoms with E-state index in [4.69, 9.17) is 0 Å². The number of anilines is 3. The Bertz CT molecular complexity index is 3280. The van der Waals surface area contributed by atoms with Crippen LogP contribution in [0.1, 0.15) is 0 Å². The molecule has 2 heteroatoms. The molecule has 11 rings (SSSR count). The van der Waals surface area contributed by atoms with Crippen LogP contribution in [0.25, 0.3) is 86.6 Å². The fourth-order valence-electron chi connectivity index (χ4n) is 8.67. The zero-order valence-electron chi connectivity index (χ0n) is 32.9. The van der Waals surface area contributed by atoms with Gasteiger partial charge in [0, 0.05) is 37.2 Å². The van der Waals surface area contributed by atoms with Crippen molar-refractivity contribution in [3.05, 3.63) is 237 Å². The smallest absolute Gasteiger partial charge is 0.0462 e. The number of thiophene rings is 1. The maximum Gasteiger partial charge on any atom is 0.0462 e. The van der Waals surface area contributed by atoms with Crippen molar-refractivity contribution in [3.63, 3.8) is 0 Å². The molecule has 0 atom stereocenters. The second-order valence-corrected chi connectivity index (χ2v) is 16.4. The number of hydrogen-bond donors (Lipinski definition) is 0. The van der Waals surface area contributed by atoms with Gasteiger partial charge in [0.2, 0.25) is 0 Å². The van der Waals surface area contributed by atoms with E-state index in [2.05, 4.69) is 241 Å². The quantitative estimate of drug-likeness (QED) is 0.148. The molecule has 1 heterocycles. The molecular weight excluding hydrogens is 743 g/mol. The van der Waals surface area contributed by atoms with Crippen molar-refractivity contribution in [1.29, 1.82) is 0 Å². The standard InChI is InChI=1S/C58H39NS/c1-2-12-40(13-3-1)41-26-32-49(33-27-41)59(51-36-30-44(31-37-51)54-23-11-24-56-55-21-6-7-25-57(55)60-58(54)56)50-34-28-42(29-35-50)45-16-8-17-46(38-45)47-18-9-19-48(39-47)53-22-10-15-43-14-4-5-20-52(43)53/h1-39H. The summed E-state index contributed by atoms with van der Waals surface area (Å²) in [6, 6.07) is 86.0. The lowest BCUT2D eigenvalue weighted by atomic mass is 9.94. The van der Waals surface area contributed by atoms with Crippen molar-refractivity contribution in [2.75, 3.05) is 4.90 Å². The van der Waals surface area contributed by atoms with E-state index in [0.29, 0.717) is 0 Å². The summed E-state index contributed by atoms with van der Waals surface area (Å²) in [5.41, 5.74) is 15.5. The molecular formula is C58H39NS. The molecule has 0 spiro atoms. The molecule has 0 radical (unpaired) electrons. The maximum absolute atomic E-state index is 2.36. The molecule has 0 fully saturated rings. The highest BCUT2D eigenvalue weighted by Crippen LogP contribution is 2.42. The molecule has 0 saturated carbocycles. The first-order valence-corrected chi connectivity index (χ1v) is 21.3. The van der Waals surface area contributed by atoms with E-state index in [1.165, 1.54) is 86.6 Å². The predicted octanol–water partition coefficient (Wildman–Crippen LogP) is 17.0. The second-order valence-electron chi connectivity index (χ2n) is 15.3. The largest absolute Gasteiger partial charge is 0.311 e. The zero-order chi connectivity index (χ0) is 39.8. The van der Waals surface area contributed by atoms with Gasteiger partial charge in [-0.05, 0) is 121 Å². The van der Waals surface area contributed by atoms with Crippen LogP contribution in [-0.2, 0) is 0 Å². The Morgan fingerprint density at radius 1 is 0.267 bits per heavy atom. The first-order valence-electron chi connectivity index (χ1n) is 20.5. The Morgan fingerprint density at radius 2 is 0.700 bits per heavy atom. The molecule has 0 aliphatic rings. The summed E-state index contributed by atoms with van der Waals surface area (Å²) in [6.45, 7) is 0. The third-order valence-electron chi connectivity index (χ3n) is 11.7. The number of fused-ring (bicyclic) bond motifs is 4. The molecule has 0 aliphatic heterocycles. The topological polar surface area (TPSA) is 3.24 Å². The van der Waals surface area contributed by atoms with Gasteiger partial charge in [0.1, 0.15) is 0 Å². The van der Waals surface area contributed by atoms with Gasteiger partial charge in [0.25, 0.3) is 0 Å². The average Bonchev–Trinajstić information content (AvgIpc) is 3.72. The van der Waals surface area contributed by atoms with E-state index in [-0.39, 0.29) is 0 Å². The third kappa shape index (κ3) is 6.63. The van der Waals surface area contributed by atoms with Gasteiger partial charge in [0.05, 0.1) is 0 Å². The van der Waals surface area contributed by atoms with Gasteiger partial charge in [0.15, 0.2) is 0 Å². The van der Waals surface area contributed by atoms with Gasteiger partial charge in [-0.1, -0.05) is 182 Å². The van der Waals surface area contributed by atoms with E-state index in [0.717, 1.165) is 17.1 Å². The normalized spacial score (nSPS) is 11.3. The highest BCUT2D eigenvalue weighted by atomic mass is 32.1. The zero-order valence-corrected chi connectivity index (χ0v) is 33.7. The molecule has 11 aromatic rings. The van der Waals surface area contributed by atoms with Gasteiger partial charge in [-0.25, -0.2) is 0 Å². The summed E-state index contributed by atoms with van der Waals surface area (Å²) in [4.78, 5) is 2.36. The van der Waals surface area contributed by atoms with Crippen molar-refractivity contribution >= 4 is 59.3 Å². The van der Waals surface area contributed by atoms with E-state index in [1.807, 2.05) is 11.3 Å². The lowest BCUT2D eigenvalue weighted by molar-refractivity contribution is 1.28. The molecule has 0 amide bonds. The highest BCUT2D eigenvalue weighted by Gasteiger charge is 2.16. The minimum atomic E-state index is 1.10. The van der Waals surface area contributed by atoms with E-state index in [1.54, 1.807) is 0 Å². The molecule has 0 N–H and O–H groups in total. The molecule has 0 aliphatic carbocycles. The van der Waals surface area contributed by atoms with Crippen LogP contribution in [0, 0.1) is 0 Å². The van der Waals surface area contributed by atoms with Gasteiger partial charge in [-0.15, -0.1) is 11.3 Å². The van der Waals surface area contributed by atoms with Crippen molar-refractivity contribution in [1.82, 2.24) is 0 Å². The van der Waals surface area contributed by atoms with Crippen LogP contribution in [0.15, 0.2) is 237 Å². The molecule has 0 saturated heterocycles. The SMILES string of the molecule is c1ccc(-c2ccc(N(c3ccc(-c4cccc(-c5cccc(-c6cccc7ccccc67)c5)c4)cc3)c3ccc(-c4cccc5c4sc4ccccc45)cc3)cc2)cc1. The third-order valence-corrected chi connectivity index (χ3v) is 12.9. The Kier molecular flexibility index (Phi) is 9.11.